The maximum atomic E-state index is 12.5. The molecule has 1 aliphatic heterocycles. The third-order valence-corrected chi connectivity index (χ3v) is 4.18. The second-order valence-corrected chi connectivity index (χ2v) is 5.76. The summed E-state index contributed by atoms with van der Waals surface area (Å²) in [5.41, 5.74) is 1.85. The molecule has 3 rings (SSSR count). The van der Waals surface area contributed by atoms with Crippen LogP contribution in [-0.2, 0) is 6.54 Å². The molecule has 6 heteroatoms. The number of carbonyl (C=O) groups excluding carboxylic acids is 1. The molecule has 0 radical (unpaired) electrons. The van der Waals surface area contributed by atoms with Crippen LogP contribution in [0.5, 0.6) is 0 Å². The van der Waals surface area contributed by atoms with Gasteiger partial charge in [-0.1, -0.05) is 12.1 Å². The van der Waals surface area contributed by atoms with E-state index in [-0.39, 0.29) is 12.5 Å². The van der Waals surface area contributed by atoms with Crippen LogP contribution in [0.1, 0.15) is 15.9 Å². The van der Waals surface area contributed by atoms with Gasteiger partial charge < -0.3 is 10.0 Å². The number of rotatable bonds is 5. The predicted octanol–water partition coefficient (Wildman–Crippen LogP) is 0.681. The van der Waals surface area contributed by atoms with E-state index in [0.29, 0.717) is 26.2 Å². The normalized spacial score (nSPS) is 15.8. The van der Waals surface area contributed by atoms with Gasteiger partial charge in [0.05, 0.1) is 13.2 Å². The average molecular weight is 314 g/mol. The summed E-state index contributed by atoms with van der Waals surface area (Å²) < 4.78 is 1.86. The first-order chi connectivity index (χ1) is 11.3. The van der Waals surface area contributed by atoms with Gasteiger partial charge in [0.2, 0.25) is 0 Å². The van der Waals surface area contributed by atoms with E-state index in [2.05, 4.69) is 10.00 Å². The highest BCUT2D eigenvalue weighted by atomic mass is 16.3. The van der Waals surface area contributed by atoms with Gasteiger partial charge in [-0.25, -0.2) is 0 Å². The molecule has 1 aromatic carbocycles. The topological polar surface area (TPSA) is 61.6 Å². The Bertz CT molecular complexity index is 617. The standard InChI is InChI=1S/C17H22N4O2/c22-13-12-19-8-10-20(11-9-19)17(23)16-4-2-15(3-5-16)14-21-7-1-6-18-21/h1-7,22H,8-14H2. The summed E-state index contributed by atoms with van der Waals surface area (Å²) in [6.07, 6.45) is 3.68. The van der Waals surface area contributed by atoms with Crippen LogP contribution in [0, 0.1) is 0 Å². The molecule has 23 heavy (non-hydrogen) atoms. The minimum Gasteiger partial charge on any atom is -0.395 e. The zero-order valence-electron chi connectivity index (χ0n) is 13.1. The van der Waals surface area contributed by atoms with Crippen LogP contribution < -0.4 is 0 Å². The molecule has 2 aromatic rings. The maximum Gasteiger partial charge on any atom is 0.253 e. The average Bonchev–Trinajstić information content (AvgIpc) is 3.09. The first-order valence-corrected chi connectivity index (χ1v) is 7.95. The molecule has 1 N–H and O–H groups in total. The summed E-state index contributed by atoms with van der Waals surface area (Å²) in [4.78, 5) is 16.6. The lowest BCUT2D eigenvalue weighted by Crippen LogP contribution is -2.49. The van der Waals surface area contributed by atoms with Crippen molar-refractivity contribution in [1.29, 1.82) is 0 Å². The zero-order chi connectivity index (χ0) is 16.1. The molecule has 0 unspecified atom stereocenters. The highest BCUT2D eigenvalue weighted by molar-refractivity contribution is 5.94. The van der Waals surface area contributed by atoms with E-state index in [1.165, 1.54) is 0 Å². The number of hydrogen-bond donors (Lipinski definition) is 1. The van der Waals surface area contributed by atoms with Crippen LogP contribution in [0.15, 0.2) is 42.7 Å². The summed E-state index contributed by atoms with van der Waals surface area (Å²) in [6, 6.07) is 9.64. The Kier molecular flexibility index (Phi) is 5.05. The molecule has 1 aromatic heterocycles. The maximum absolute atomic E-state index is 12.5. The fourth-order valence-electron chi connectivity index (χ4n) is 2.83. The molecule has 6 nitrogen and oxygen atoms in total. The Labute approximate surface area is 135 Å². The number of nitrogens with zero attached hydrogens (tertiary/aromatic N) is 4. The van der Waals surface area contributed by atoms with Gasteiger partial charge in [0.15, 0.2) is 0 Å². The van der Waals surface area contributed by atoms with Crippen molar-refractivity contribution in [1.82, 2.24) is 19.6 Å². The lowest BCUT2D eigenvalue weighted by atomic mass is 10.1. The summed E-state index contributed by atoms with van der Waals surface area (Å²) in [7, 11) is 0. The molecular weight excluding hydrogens is 292 g/mol. The van der Waals surface area contributed by atoms with Crippen LogP contribution in [0.2, 0.25) is 0 Å². The number of carbonyl (C=O) groups is 1. The highest BCUT2D eigenvalue weighted by Gasteiger charge is 2.21. The van der Waals surface area contributed by atoms with Gasteiger partial charge in [-0.3, -0.25) is 14.4 Å². The monoisotopic (exact) mass is 314 g/mol. The van der Waals surface area contributed by atoms with E-state index < -0.39 is 0 Å². The van der Waals surface area contributed by atoms with E-state index in [1.807, 2.05) is 46.1 Å². The van der Waals surface area contributed by atoms with Crippen molar-refractivity contribution in [3.63, 3.8) is 0 Å². The van der Waals surface area contributed by atoms with Gasteiger partial charge in [-0.05, 0) is 23.8 Å². The third-order valence-electron chi connectivity index (χ3n) is 4.18. The molecule has 0 aliphatic carbocycles. The summed E-state index contributed by atoms with van der Waals surface area (Å²) in [5.74, 6) is 0.0827. The van der Waals surface area contributed by atoms with Crippen LogP contribution in [0.4, 0.5) is 0 Å². The quantitative estimate of drug-likeness (QED) is 0.882. The van der Waals surface area contributed by atoms with Gasteiger partial charge in [0.1, 0.15) is 0 Å². The van der Waals surface area contributed by atoms with Crippen molar-refractivity contribution >= 4 is 5.91 Å². The number of hydrogen-bond acceptors (Lipinski definition) is 4. The van der Waals surface area contributed by atoms with Crippen molar-refractivity contribution in [2.75, 3.05) is 39.3 Å². The first kappa shape index (κ1) is 15.7. The second-order valence-electron chi connectivity index (χ2n) is 5.76. The van der Waals surface area contributed by atoms with Crippen molar-refractivity contribution < 1.29 is 9.90 Å². The molecule has 1 amide bonds. The number of aromatic nitrogens is 2. The van der Waals surface area contributed by atoms with Gasteiger partial charge in [0, 0.05) is 50.7 Å². The van der Waals surface area contributed by atoms with Crippen molar-refractivity contribution in [2.24, 2.45) is 0 Å². The molecule has 1 saturated heterocycles. The highest BCUT2D eigenvalue weighted by Crippen LogP contribution is 2.11. The molecule has 2 heterocycles. The minimum atomic E-state index is 0.0827. The molecule has 1 aliphatic rings. The Balaban J connectivity index is 1.57. The molecule has 0 bridgehead atoms. The number of piperazine rings is 1. The molecule has 0 atom stereocenters. The van der Waals surface area contributed by atoms with E-state index in [9.17, 15) is 4.79 Å². The van der Waals surface area contributed by atoms with Crippen LogP contribution >= 0.6 is 0 Å². The van der Waals surface area contributed by atoms with Gasteiger partial charge in [-0.15, -0.1) is 0 Å². The Morgan fingerprint density at radius 2 is 1.87 bits per heavy atom. The fourth-order valence-corrected chi connectivity index (χ4v) is 2.83. The molecule has 0 spiro atoms. The van der Waals surface area contributed by atoms with Gasteiger partial charge in [-0.2, -0.15) is 5.10 Å². The molecule has 0 saturated carbocycles. The molecule has 1 fully saturated rings. The smallest absolute Gasteiger partial charge is 0.253 e. The van der Waals surface area contributed by atoms with E-state index in [4.69, 9.17) is 5.11 Å². The van der Waals surface area contributed by atoms with Crippen LogP contribution in [0.3, 0.4) is 0 Å². The van der Waals surface area contributed by atoms with Crippen LogP contribution in [-0.4, -0.2) is 69.9 Å². The zero-order valence-corrected chi connectivity index (χ0v) is 13.1. The predicted molar refractivity (Wildman–Crippen MR) is 87.2 cm³/mol. The molecular formula is C17H22N4O2. The largest absolute Gasteiger partial charge is 0.395 e. The lowest BCUT2D eigenvalue weighted by Gasteiger charge is -2.34. The number of aliphatic hydroxyl groups is 1. The van der Waals surface area contributed by atoms with Gasteiger partial charge in [0.25, 0.3) is 5.91 Å². The van der Waals surface area contributed by atoms with Crippen molar-refractivity contribution in [2.45, 2.75) is 6.54 Å². The number of benzene rings is 1. The summed E-state index contributed by atoms with van der Waals surface area (Å²) >= 11 is 0. The van der Waals surface area contributed by atoms with E-state index >= 15 is 0 Å². The summed E-state index contributed by atoms with van der Waals surface area (Å²) in [5, 5.41) is 13.1. The lowest BCUT2D eigenvalue weighted by molar-refractivity contribution is 0.0615. The van der Waals surface area contributed by atoms with Crippen LogP contribution in [0.25, 0.3) is 0 Å². The molecule has 122 valence electrons. The van der Waals surface area contributed by atoms with Crippen molar-refractivity contribution in [3.8, 4) is 0 Å². The van der Waals surface area contributed by atoms with Crippen molar-refractivity contribution in [3.05, 3.63) is 53.9 Å². The van der Waals surface area contributed by atoms with E-state index in [0.717, 1.165) is 24.2 Å². The number of aliphatic hydroxyl groups excluding tert-OH is 1. The SMILES string of the molecule is O=C(c1ccc(Cn2cccn2)cc1)N1CCN(CCO)CC1. The Morgan fingerprint density at radius 1 is 1.13 bits per heavy atom. The summed E-state index contributed by atoms with van der Waals surface area (Å²) in [6.45, 7) is 4.65. The third kappa shape index (κ3) is 3.97. The van der Waals surface area contributed by atoms with E-state index in [1.54, 1.807) is 6.20 Å². The number of amides is 1. The Hall–Kier alpha value is -2.18. The Morgan fingerprint density at radius 3 is 2.48 bits per heavy atom. The second kappa shape index (κ2) is 7.39. The first-order valence-electron chi connectivity index (χ1n) is 7.95. The van der Waals surface area contributed by atoms with Gasteiger partial charge >= 0.3 is 0 Å². The fraction of sp³-hybridized carbons (Fsp3) is 0.412. The number of β-amino-alcohol motifs (C(OH)–C–C–N with tert-alkyl or cyclic N) is 1. The minimum absolute atomic E-state index is 0.0827.